The molecule has 0 aliphatic carbocycles. The molecule has 2 atom stereocenters. The summed E-state index contributed by atoms with van der Waals surface area (Å²) in [5.41, 5.74) is 1.59. The number of phenols is 1. The number of ether oxygens (including phenoxy) is 1. The number of hydrogen-bond donors (Lipinski definition) is 4. The summed E-state index contributed by atoms with van der Waals surface area (Å²) in [7, 11) is 0. The summed E-state index contributed by atoms with van der Waals surface area (Å²) in [6.45, 7) is 3.44. The van der Waals surface area contributed by atoms with Crippen molar-refractivity contribution in [2.45, 2.75) is 25.8 Å². The molecular formula is C25H27Cl2N5O5. The first-order valence-corrected chi connectivity index (χ1v) is 12.6. The SMILES string of the molecule is CCOC(=O)CC(NC(=O)C1CC(=O)N(c2cccc(NC3=NCCN3)c2)C1)c1cc(Cl)cc(Cl)c1O. The van der Waals surface area contributed by atoms with Crippen LogP contribution in [0.5, 0.6) is 5.75 Å². The molecule has 2 unspecified atom stereocenters. The number of nitrogens with zero attached hydrogens (tertiary/aromatic N) is 2. The molecule has 2 amide bonds. The first-order chi connectivity index (χ1) is 17.7. The summed E-state index contributed by atoms with van der Waals surface area (Å²) < 4.78 is 5.03. The molecule has 4 rings (SSSR count). The van der Waals surface area contributed by atoms with Crippen LogP contribution in [0.25, 0.3) is 0 Å². The van der Waals surface area contributed by atoms with Crippen LogP contribution in [0.1, 0.15) is 31.4 Å². The highest BCUT2D eigenvalue weighted by molar-refractivity contribution is 6.35. The molecule has 37 heavy (non-hydrogen) atoms. The molecule has 2 aliphatic heterocycles. The van der Waals surface area contributed by atoms with E-state index in [2.05, 4.69) is 20.9 Å². The maximum atomic E-state index is 13.2. The summed E-state index contributed by atoms with van der Waals surface area (Å²) in [5, 5.41) is 19.8. The molecule has 1 saturated heterocycles. The largest absolute Gasteiger partial charge is 0.506 e. The molecule has 10 nitrogen and oxygen atoms in total. The van der Waals surface area contributed by atoms with E-state index in [-0.39, 0.29) is 53.3 Å². The predicted octanol–water partition coefficient (Wildman–Crippen LogP) is 3.23. The van der Waals surface area contributed by atoms with Crippen LogP contribution in [0.3, 0.4) is 0 Å². The van der Waals surface area contributed by atoms with Gasteiger partial charge in [-0.15, -0.1) is 0 Å². The maximum Gasteiger partial charge on any atom is 0.308 e. The lowest BCUT2D eigenvalue weighted by Gasteiger charge is -2.22. The zero-order chi connectivity index (χ0) is 26.5. The van der Waals surface area contributed by atoms with Crippen LogP contribution < -0.4 is 20.9 Å². The number of nitrogens with one attached hydrogen (secondary N) is 3. The minimum absolute atomic E-state index is 0.00777. The minimum Gasteiger partial charge on any atom is -0.506 e. The second-order valence-corrected chi connectivity index (χ2v) is 9.48. The molecule has 2 aromatic carbocycles. The van der Waals surface area contributed by atoms with Crippen LogP contribution in [0.4, 0.5) is 11.4 Å². The normalized spacial score (nSPS) is 17.7. The smallest absolute Gasteiger partial charge is 0.308 e. The number of carbonyl (C=O) groups is 3. The van der Waals surface area contributed by atoms with Crippen LogP contribution in [-0.2, 0) is 19.1 Å². The van der Waals surface area contributed by atoms with Gasteiger partial charge in [-0.3, -0.25) is 19.4 Å². The summed E-state index contributed by atoms with van der Waals surface area (Å²) in [6, 6.07) is 9.12. The third kappa shape index (κ3) is 6.44. The van der Waals surface area contributed by atoms with Gasteiger partial charge in [0.1, 0.15) is 5.75 Å². The Kier molecular flexibility index (Phi) is 8.40. The Bertz CT molecular complexity index is 1240. The van der Waals surface area contributed by atoms with Crippen LogP contribution >= 0.6 is 23.2 Å². The van der Waals surface area contributed by atoms with Crippen LogP contribution in [-0.4, -0.2) is 55.1 Å². The van der Waals surface area contributed by atoms with E-state index in [1.165, 1.54) is 12.1 Å². The van der Waals surface area contributed by atoms with Crippen LogP contribution in [0.2, 0.25) is 10.0 Å². The van der Waals surface area contributed by atoms with Gasteiger partial charge in [0.2, 0.25) is 11.8 Å². The summed E-state index contributed by atoms with van der Waals surface area (Å²) in [5.74, 6) is -1.53. The number of hydrogen-bond acceptors (Lipinski definition) is 8. The molecule has 4 N–H and O–H groups in total. The third-order valence-corrected chi connectivity index (χ3v) is 6.52. The van der Waals surface area contributed by atoms with Gasteiger partial charge in [-0.25, -0.2) is 0 Å². The van der Waals surface area contributed by atoms with E-state index in [9.17, 15) is 19.5 Å². The second-order valence-electron chi connectivity index (χ2n) is 8.63. The van der Waals surface area contributed by atoms with Gasteiger partial charge in [0, 0.05) is 41.5 Å². The lowest BCUT2D eigenvalue weighted by Crippen LogP contribution is -2.36. The molecule has 0 saturated carbocycles. The number of aliphatic imine (C=N–C) groups is 1. The Morgan fingerprint density at radius 1 is 1.30 bits per heavy atom. The fourth-order valence-electron chi connectivity index (χ4n) is 4.27. The Labute approximate surface area is 224 Å². The van der Waals surface area contributed by atoms with Gasteiger partial charge in [0.05, 0.1) is 36.6 Å². The first kappa shape index (κ1) is 26.6. The number of anilines is 2. The van der Waals surface area contributed by atoms with E-state index in [0.717, 1.165) is 12.2 Å². The van der Waals surface area contributed by atoms with E-state index >= 15 is 0 Å². The number of phenolic OH excluding ortho intramolecular Hbond substituents is 1. The van der Waals surface area contributed by atoms with Crippen molar-refractivity contribution in [2.24, 2.45) is 10.9 Å². The number of benzene rings is 2. The van der Waals surface area contributed by atoms with Gasteiger partial charge in [-0.1, -0.05) is 29.3 Å². The Morgan fingerprint density at radius 2 is 2.11 bits per heavy atom. The number of rotatable bonds is 8. The number of carbonyl (C=O) groups excluding carboxylic acids is 3. The standard InChI is InChI=1S/C25H27Cl2N5O5/c1-2-37-22(34)12-20(18-9-15(26)10-19(27)23(18)35)31-24(36)14-8-21(33)32(13-14)17-5-3-4-16(11-17)30-25-28-6-7-29-25/h3-5,9-11,14,20,35H,2,6-8,12-13H2,1H3,(H,31,36)(H2,28,29,30). The Balaban J connectivity index is 1.49. The number of esters is 1. The molecule has 196 valence electrons. The van der Waals surface area contributed by atoms with Crippen LogP contribution in [0, 0.1) is 5.92 Å². The predicted molar refractivity (Wildman–Crippen MR) is 141 cm³/mol. The van der Waals surface area contributed by atoms with E-state index in [1.807, 2.05) is 18.2 Å². The van der Waals surface area contributed by atoms with E-state index in [0.29, 0.717) is 18.2 Å². The summed E-state index contributed by atoms with van der Waals surface area (Å²) in [4.78, 5) is 44.2. The topological polar surface area (TPSA) is 132 Å². The lowest BCUT2D eigenvalue weighted by atomic mass is 10.0. The molecule has 1 fully saturated rings. The van der Waals surface area contributed by atoms with Crippen molar-refractivity contribution in [1.82, 2.24) is 10.6 Å². The van der Waals surface area contributed by atoms with Gasteiger partial charge in [-0.2, -0.15) is 0 Å². The van der Waals surface area contributed by atoms with Gasteiger partial charge in [-0.05, 0) is 37.3 Å². The van der Waals surface area contributed by atoms with Gasteiger partial charge >= 0.3 is 5.97 Å². The zero-order valence-corrected chi connectivity index (χ0v) is 21.6. The maximum absolute atomic E-state index is 13.2. The molecule has 0 radical (unpaired) electrons. The highest BCUT2D eigenvalue weighted by Crippen LogP contribution is 2.37. The average Bonchev–Trinajstić information content (AvgIpc) is 3.51. The van der Waals surface area contributed by atoms with E-state index in [1.54, 1.807) is 17.9 Å². The highest BCUT2D eigenvalue weighted by atomic mass is 35.5. The quantitative estimate of drug-likeness (QED) is 0.373. The first-order valence-electron chi connectivity index (χ1n) is 11.8. The zero-order valence-electron chi connectivity index (χ0n) is 20.1. The fourth-order valence-corrected chi connectivity index (χ4v) is 4.78. The molecule has 2 aliphatic rings. The van der Waals surface area contributed by atoms with E-state index < -0.39 is 23.8 Å². The summed E-state index contributed by atoms with van der Waals surface area (Å²) >= 11 is 12.2. The van der Waals surface area contributed by atoms with E-state index in [4.69, 9.17) is 27.9 Å². The average molecular weight is 548 g/mol. The van der Waals surface area contributed by atoms with Crippen molar-refractivity contribution in [2.75, 3.05) is 36.5 Å². The number of guanidine groups is 1. The van der Waals surface area contributed by atoms with Crippen molar-refractivity contribution in [3.8, 4) is 5.75 Å². The molecule has 0 bridgehead atoms. The van der Waals surface area contributed by atoms with Gasteiger partial charge < -0.3 is 30.7 Å². The summed E-state index contributed by atoms with van der Waals surface area (Å²) in [6.07, 6.45) is -0.258. The highest BCUT2D eigenvalue weighted by Gasteiger charge is 2.37. The van der Waals surface area contributed by atoms with Crippen molar-refractivity contribution in [1.29, 1.82) is 0 Å². The minimum atomic E-state index is -0.959. The molecule has 0 spiro atoms. The van der Waals surface area contributed by atoms with Crippen LogP contribution in [0.15, 0.2) is 41.4 Å². The third-order valence-electron chi connectivity index (χ3n) is 6.02. The molecule has 0 aromatic heterocycles. The van der Waals surface area contributed by atoms with Gasteiger partial charge in [0.25, 0.3) is 0 Å². The Hall–Kier alpha value is -3.50. The fraction of sp³-hybridized carbons (Fsp3) is 0.360. The number of amides is 2. The molecule has 2 aromatic rings. The number of aromatic hydroxyl groups is 1. The van der Waals surface area contributed by atoms with Crippen molar-refractivity contribution < 1.29 is 24.2 Å². The second kappa shape index (κ2) is 11.7. The number of halogens is 2. The Morgan fingerprint density at radius 3 is 2.84 bits per heavy atom. The van der Waals surface area contributed by atoms with Gasteiger partial charge in [0.15, 0.2) is 5.96 Å². The molecule has 2 heterocycles. The monoisotopic (exact) mass is 547 g/mol. The van der Waals surface area contributed by atoms with Crippen molar-refractivity contribution in [3.63, 3.8) is 0 Å². The molecule has 12 heteroatoms. The van der Waals surface area contributed by atoms with Crippen molar-refractivity contribution >= 4 is 58.3 Å². The molecular weight excluding hydrogens is 521 g/mol. The lowest BCUT2D eigenvalue weighted by molar-refractivity contribution is -0.144. The van der Waals surface area contributed by atoms with Crippen molar-refractivity contribution in [3.05, 3.63) is 52.0 Å².